The van der Waals surface area contributed by atoms with Gasteiger partial charge in [0.2, 0.25) is 10.0 Å². The van der Waals surface area contributed by atoms with Crippen LogP contribution in [0.5, 0.6) is 0 Å². The summed E-state index contributed by atoms with van der Waals surface area (Å²) >= 11 is 0. The van der Waals surface area contributed by atoms with Crippen LogP contribution in [0.25, 0.3) is 0 Å². The number of ether oxygens (including phenoxy) is 1. The van der Waals surface area contributed by atoms with Crippen molar-refractivity contribution in [3.63, 3.8) is 0 Å². The van der Waals surface area contributed by atoms with Gasteiger partial charge in [0.1, 0.15) is 6.61 Å². The lowest BCUT2D eigenvalue weighted by Crippen LogP contribution is -2.32. The van der Waals surface area contributed by atoms with Gasteiger partial charge in [-0.25, -0.2) is 17.9 Å². The molecule has 0 aliphatic heterocycles. The molecule has 0 spiro atoms. The van der Waals surface area contributed by atoms with Crippen LogP contribution in [0, 0.1) is 0 Å². The van der Waals surface area contributed by atoms with Crippen LogP contribution in [-0.2, 0) is 19.6 Å². The summed E-state index contributed by atoms with van der Waals surface area (Å²) in [6.07, 6.45) is 0. The Morgan fingerprint density at radius 1 is 1.00 bits per heavy atom. The van der Waals surface area contributed by atoms with Crippen molar-refractivity contribution in [2.24, 2.45) is 0 Å². The van der Waals surface area contributed by atoms with Crippen LogP contribution < -0.4 is 4.72 Å². The smallest absolute Gasteiger partial charge is 0.329 e. The maximum Gasteiger partial charge on any atom is 0.329 e. The molecule has 0 saturated carbocycles. The predicted octanol–water partition coefficient (Wildman–Crippen LogP) is 1.84. The Morgan fingerprint density at radius 2 is 1.52 bits per heavy atom. The molecule has 0 radical (unpaired) electrons. The number of benzene rings is 2. The monoisotopic (exact) mass is 363 g/mol. The van der Waals surface area contributed by atoms with Crippen molar-refractivity contribution in [2.45, 2.75) is 5.92 Å². The predicted molar refractivity (Wildman–Crippen MR) is 95.0 cm³/mol. The van der Waals surface area contributed by atoms with E-state index in [1.54, 1.807) is 0 Å². The molecule has 0 fully saturated rings. The third-order valence-electron chi connectivity index (χ3n) is 3.58. The van der Waals surface area contributed by atoms with E-state index in [1.807, 2.05) is 60.7 Å². The second-order valence-electron chi connectivity index (χ2n) is 5.50. The zero-order valence-corrected chi connectivity index (χ0v) is 14.5. The van der Waals surface area contributed by atoms with Crippen molar-refractivity contribution in [2.75, 3.05) is 25.5 Å². The van der Waals surface area contributed by atoms with E-state index in [4.69, 9.17) is 9.84 Å². The average Bonchev–Trinajstić information content (AvgIpc) is 2.60. The maximum atomic E-state index is 12.4. The quantitative estimate of drug-likeness (QED) is 0.629. The number of sulfonamides is 1. The van der Waals surface area contributed by atoms with E-state index in [0.29, 0.717) is 0 Å². The molecule has 0 unspecified atom stereocenters. The van der Waals surface area contributed by atoms with Gasteiger partial charge < -0.3 is 9.84 Å². The number of nitrogens with one attached hydrogen (secondary N) is 1. The highest BCUT2D eigenvalue weighted by atomic mass is 32.2. The van der Waals surface area contributed by atoms with Crippen molar-refractivity contribution in [1.29, 1.82) is 0 Å². The van der Waals surface area contributed by atoms with Gasteiger partial charge in [-0.05, 0) is 11.1 Å². The Balaban J connectivity index is 2.05. The number of carbonyl (C=O) groups is 1. The largest absolute Gasteiger partial charge is 0.480 e. The lowest BCUT2D eigenvalue weighted by molar-refractivity contribution is -0.142. The van der Waals surface area contributed by atoms with Crippen LogP contribution in [0.1, 0.15) is 17.0 Å². The standard InChI is InChI=1S/C18H21NO5S/c20-18(21)13-24-12-11-19-25(22,23)14-17(15-7-3-1-4-8-15)16-9-5-2-6-10-16/h1-10,17,19H,11-14H2,(H,20,21). The number of aliphatic carboxylic acids is 1. The molecule has 0 aliphatic carbocycles. The van der Waals surface area contributed by atoms with Gasteiger partial charge in [-0.15, -0.1) is 0 Å². The fraction of sp³-hybridized carbons (Fsp3) is 0.278. The third kappa shape index (κ3) is 6.66. The molecule has 0 bridgehead atoms. The van der Waals surface area contributed by atoms with E-state index in [1.165, 1.54) is 0 Å². The molecule has 0 aromatic heterocycles. The maximum absolute atomic E-state index is 12.4. The summed E-state index contributed by atoms with van der Waals surface area (Å²) in [6.45, 7) is -0.406. The van der Waals surface area contributed by atoms with Crippen LogP contribution in [0.15, 0.2) is 60.7 Å². The Hall–Kier alpha value is -2.22. The van der Waals surface area contributed by atoms with Gasteiger partial charge in [0, 0.05) is 12.5 Å². The molecule has 0 amide bonds. The molecule has 7 heteroatoms. The first-order valence-corrected chi connectivity index (χ1v) is 9.50. The molecule has 0 saturated heterocycles. The Kier molecular flexibility index (Phi) is 7.12. The first kappa shape index (κ1) is 19.1. The van der Waals surface area contributed by atoms with Gasteiger partial charge in [0.25, 0.3) is 0 Å². The molecule has 2 N–H and O–H groups in total. The molecule has 2 aromatic carbocycles. The summed E-state index contributed by atoms with van der Waals surface area (Å²) in [5, 5.41) is 8.48. The first-order valence-electron chi connectivity index (χ1n) is 7.85. The SMILES string of the molecule is O=C(O)COCCNS(=O)(=O)CC(c1ccccc1)c1ccccc1. The fourth-order valence-corrected chi connectivity index (χ4v) is 3.80. The second-order valence-corrected chi connectivity index (χ2v) is 7.35. The van der Waals surface area contributed by atoms with Crippen molar-refractivity contribution < 1.29 is 23.1 Å². The minimum absolute atomic E-state index is 0.00682. The summed E-state index contributed by atoms with van der Waals surface area (Å²) in [4.78, 5) is 10.4. The van der Waals surface area contributed by atoms with Crippen LogP contribution >= 0.6 is 0 Å². The van der Waals surface area contributed by atoms with Gasteiger partial charge >= 0.3 is 5.97 Å². The number of hydrogen-bond donors (Lipinski definition) is 2. The van der Waals surface area contributed by atoms with Crippen molar-refractivity contribution >= 4 is 16.0 Å². The first-order chi connectivity index (χ1) is 12.0. The summed E-state index contributed by atoms with van der Waals surface area (Å²) in [6, 6.07) is 18.9. The molecule has 2 aromatic rings. The zero-order chi connectivity index (χ0) is 18.1. The normalized spacial score (nSPS) is 11.6. The molecule has 0 atom stereocenters. The summed E-state index contributed by atoms with van der Waals surface area (Å²) < 4.78 is 32.1. The van der Waals surface area contributed by atoms with Crippen LogP contribution in [0.2, 0.25) is 0 Å². The zero-order valence-electron chi connectivity index (χ0n) is 13.7. The Labute approximate surface area is 147 Å². The van der Waals surface area contributed by atoms with E-state index in [9.17, 15) is 13.2 Å². The Morgan fingerprint density at radius 3 is 2.00 bits per heavy atom. The van der Waals surface area contributed by atoms with Gasteiger partial charge in [-0.3, -0.25) is 0 Å². The van der Waals surface area contributed by atoms with Gasteiger partial charge in [-0.1, -0.05) is 60.7 Å². The highest BCUT2D eigenvalue weighted by Crippen LogP contribution is 2.25. The summed E-state index contributed by atoms with van der Waals surface area (Å²) in [5.74, 6) is -1.48. The van der Waals surface area contributed by atoms with E-state index in [-0.39, 0.29) is 24.8 Å². The third-order valence-corrected chi connectivity index (χ3v) is 5.00. The lowest BCUT2D eigenvalue weighted by atomic mass is 9.93. The molecule has 134 valence electrons. The topological polar surface area (TPSA) is 92.7 Å². The van der Waals surface area contributed by atoms with Crippen molar-refractivity contribution in [1.82, 2.24) is 4.72 Å². The van der Waals surface area contributed by atoms with Crippen LogP contribution in [0.3, 0.4) is 0 Å². The minimum atomic E-state index is -3.56. The molecule has 0 aliphatic rings. The van der Waals surface area contributed by atoms with Crippen LogP contribution in [0.4, 0.5) is 0 Å². The number of rotatable bonds is 10. The average molecular weight is 363 g/mol. The minimum Gasteiger partial charge on any atom is -0.480 e. The summed E-state index contributed by atoms with van der Waals surface area (Å²) in [7, 11) is -3.56. The molecular weight excluding hydrogens is 342 g/mol. The van der Waals surface area contributed by atoms with Gasteiger partial charge in [0.15, 0.2) is 0 Å². The second kappa shape index (κ2) is 9.31. The van der Waals surface area contributed by atoms with Gasteiger partial charge in [-0.2, -0.15) is 0 Å². The molecule has 0 heterocycles. The fourth-order valence-electron chi connectivity index (χ4n) is 2.46. The molecule has 25 heavy (non-hydrogen) atoms. The molecule has 6 nitrogen and oxygen atoms in total. The van der Waals surface area contributed by atoms with Crippen LogP contribution in [-0.4, -0.2) is 45.0 Å². The van der Waals surface area contributed by atoms with Crippen molar-refractivity contribution in [3.8, 4) is 0 Å². The molecular formula is C18H21NO5S. The van der Waals surface area contributed by atoms with E-state index in [0.717, 1.165) is 11.1 Å². The van der Waals surface area contributed by atoms with Gasteiger partial charge in [0.05, 0.1) is 12.4 Å². The number of carboxylic acid groups (broad SMARTS) is 1. The molecule has 2 rings (SSSR count). The Bertz CT molecular complexity index is 723. The highest BCUT2D eigenvalue weighted by molar-refractivity contribution is 7.89. The summed E-state index contributed by atoms with van der Waals surface area (Å²) in [5.41, 5.74) is 1.84. The van der Waals surface area contributed by atoms with E-state index in [2.05, 4.69) is 4.72 Å². The van der Waals surface area contributed by atoms with Crippen molar-refractivity contribution in [3.05, 3.63) is 71.8 Å². The lowest BCUT2D eigenvalue weighted by Gasteiger charge is -2.18. The highest BCUT2D eigenvalue weighted by Gasteiger charge is 2.22. The van der Waals surface area contributed by atoms with E-state index >= 15 is 0 Å². The number of hydrogen-bond acceptors (Lipinski definition) is 4. The number of carboxylic acids is 1. The van der Waals surface area contributed by atoms with E-state index < -0.39 is 22.6 Å².